The fourth-order valence-corrected chi connectivity index (χ4v) is 11.5. The van der Waals surface area contributed by atoms with E-state index in [1.165, 1.54) is 4.57 Å². The summed E-state index contributed by atoms with van der Waals surface area (Å²) in [7, 11) is 0. The Bertz CT molecular complexity index is 2780. The van der Waals surface area contributed by atoms with E-state index < -0.39 is 36.3 Å². The van der Waals surface area contributed by atoms with Gasteiger partial charge in [0.05, 0.1) is 22.6 Å². The van der Waals surface area contributed by atoms with Crippen LogP contribution in [0.3, 0.4) is 0 Å². The van der Waals surface area contributed by atoms with Crippen LogP contribution in [0.5, 0.6) is 5.75 Å². The molecule has 3 fully saturated rings. The van der Waals surface area contributed by atoms with E-state index in [-0.39, 0.29) is 64.2 Å². The molecule has 5 heterocycles. The molecule has 3 aliphatic rings. The number of nitrogens with one attached hydrogen (secondary N) is 2. The molecule has 0 spiro atoms. The monoisotopic (exact) mass is 956 g/mol. The second kappa shape index (κ2) is 20.0. The molecule has 0 saturated carbocycles. The number of halogens is 1. The third-order valence-corrected chi connectivity index (χ3v) is 15.3. The Kier molecular flexibility index (Phi) is 14.1. The van der Waals surface area contributed by atoms with E-state index >= 15 is 0 Å². The van der Waals surface area contributed by atoms with Gasteiger partial charge in [0.2, 0.25) is 17.7 Å². The van der Waals surface area contributed by atoms with Crippen LogP contribution in [-0.4, -0.2) is 98.2 Å². The lowest BCUT2D eigenvalue weighted by molar-refractivity contribution is -0.139. The summed E-state index contributed by atoms with van der Waals surface area (Å²) in [6.07, 6.45) is 5.83. The number of benzene rings is 3. The molecule has 0 aliphatic carbocycles. The number of rotatable bonds is 15. The topological polar surface area (TPSA) is 213 Å². The van der Waals surface area contributed by atoms with Gasteiger partial charge >= 0.3 is 17.7 Å². The minimum Gasteiger partial charge on any atom is -0.479 e. The summed E-state index contributed by atoms with van der Waals surface area (Å²) in [5, 5.41) is 24.1. The summed E-state index contributed by atoms with van der Waals surface area (Å²) in [6, 6.07) is 20.1. The van der Waals surface area contributed by atoms with Gasteiger partial charge in [0.1, 0.15) is 11.1 Å². The third kappa shape index (κ3) is 10.7. The molecule has 3 saturated heterocycles. The molecule has 3 aliphatic heterocycles. The van der Waals surface area contributed by atoms with E-state index in [2.05, 4.69) is 39.8 Å². The Labute approximate surface area is 393 Å². The van der Waals surface area contributed by atoms with Crippen LogP contribution in [0.1, 0.15) is 85.1 Å². The molecule has 16 nitrogen and oxygen atoms in total. The van der Waals surface area contributed by atoms with Gasteiger partial charge in [0, 0.05) is 36.2 Å². The van der Waals surface area contributed by atoms with Gasteiger partial charge < -0.3 is 24.7 Å². The average Bonchev–Trinajstić information content (AvgIpc) is 3.79. The zero-order valence-corrected chi connectivity index (χ0v) is 38.7. The number of carbonyl (C=O) groups is 5. The maximum absolute atomic E-state index is 13.2. The van der Waals surface area contributed by atoms with E-state index in [9.17, 15) is 33.9 Å². The van der Waals surface area contributed by atoms with Crippen molar-refractivity contribution in [1.82, 2.24) is 19.1 Å². The van der Waals surface area contributed by atoms with Crippen molar-refractivity contribution in [3.8, 4) is 16.2 Å². The number of aromatic nitrogens is 1. The molecule has 19 heteroatoms. The van der Waals surface area contributed by atoms with Gasteiger partial charge in [-0.1, -0.05) is 53.9 Å². The number of oxazole rings is 1. The standard InChI is InChI=1S/C47H49ClN6O10S2/c1-47(2)22-28(23-49-32-7-4-6-31(20-32)42-40(48)41(63-25-39(57)58)43(66-42)45(60)61)13-18-53(47)65-26-27-5-3-8-33(19-27)50-38(56)24-52-16-14-29(15-17-52)30-9-10-34-36(21-30)64-46(62)54(34)35-11-12-37(55)51-44(35)59/h3-10,19-21,23,28-29,35H,11-18,22,24-26H2,1-2H3,(H,50,56)(H,57,58)(H,60,61)(H,51,55,59). The summed E-state index contributed by atoms with van der Waals surface area (Å²) < 4.78 is 14.5. The van der Waals surface area contributed by atoms with Gasteiger partial charge in [-0.15, -0.1) is 11.3 Å². The van der Waals surface area contributed by atoms with E-state index in [0.717, 1.165) is 79.2 Å². The summed E-state index contributed by atoms with van der Waals surface area (Å²) in [4.78, 5) is 80.2. The Hall–Kier alpha value is -5.79. The van der Waals surface area contributed by atoms with Crippen LogP contribution in [0.2, 0.25) is 5.02 Å². The van der Waals surface area contributed by atoms with Crippen molar-refractivity contribution < 1.29 is 43.3 Å². The van der Waals surface area contributed by atoms with Crippen LogP contribution in [-0.2, 0) is 24.9 Å². The number of ether oxygens (including phenoxy) is 1. The first-order chi connectivity index (χ1) is 31.6. The van der Waals surface area contributed by atoms with Crippen LogP contribution in [0.4, 0.5) is 11.4 Å². The number of anilines is 1. The van der Waals surface area contributed by atoms with Crippen LogP contribution < -0.4 is 21.1 Å². The Balaban J connectivity index is 0.797. The molecule has 5 aromatic rings. The number of likely N-dealkylation sites (tertiary alicyclic amines) is 1. The number of carboxylic acid groups (broad SMARTS) is 2. The van der Waals surface area contributed by atoms with Crippen molar-refractivity contribution in [2.45, 2.75) is 75.6 Å². The van der Waals surface area contributed by atoms with Crippen molar-refractivity contribution in [3.05, 3.63) is 98.3 Å². The summed E-state index contributed by atoms with van der Waals surface area (Å²) in [5.74, 6) is -3.03. The number of imide groups is 1. The van der Waals surface area contributed by atoms with Crippen molar-refractivity contribution in [1.29, 1.82) is 0 Å². The predicted molar refractivity (Wildman–Crippen MR) is 253 cm³/mol. The summed E-state index contributed by atoms with van der Waals surface area (Å²) in [5.41, 5.74) is 5.02. The van der Waals surface area contributed by atoms with Crippen LogP contribution in [0.25, 0.3) is 21.5 Å². The molecule has 3 amide bonds. The first kappa shape index (κ1) is 46.7. The number of piperidine rings is 3. The molecule has 4 N–H and O–H groups in total. The highest BCUT2D eigenvalue weighted by molar-refractivity contribution is 7.96. The quantitative estimate of drug-likeness (QED) is 0.0446. The third-order valence-electron chi connectivity index (χ3n) is 12.2. The zero-order chi connectivity index (χ0) is 46.7. The molecule has 2 aromatic heterocycles. The predicted octanol–water partition coefficient (Wildman–Crippen LogP) is 7.98. The molecule has 66 heavy (non-hydrogen) atoms. The highest BCUT2D eigenvalue weighted by Gasteiger charge is 2.35. The molecule has 346 valence electrons. The minimum atomic E-state index is -1.26. The smallest absolute Gasteiger partial charge is 0.420 e. The van der Waals surface area contributed by atoms with Gasteiger partial charge in [-0.25, -0.2) is 18.7 Å². The number of carbonyl (C=O) groups excluding carboxylic acids is 3. The number of amides is 3. The molecule has 0 radical (unpaired) electrons. The van der Waals surface area contributed by atoms with Crippen molar-refractivity contribution in [2.75, 3.05) is 38.1 Å². The minimum absolute atomic E-state index is 0.0444. The lowest BCUT2D eigenvalue weighted by atomic mass is 9.85. The first-order valence-electron chi connectivity index (χ1n) is 21.7. The number of thiophene rings is 1. The van der Waals surface area contributed by atoms with Crippen molar-refractivity contribution in [3.63, 3.8) is 0 Å². The summed E-state index contributed by atoms with van der Waals surface area (Å²) in [6.45, 7) is 6.33. The van der Waals surface area contributed by atoms with Crippen LogP contribution in [0.15, 0.2) is 80.9 Å². The Morgan fingerprint density at radius 3 is 2.55 bits per heavy atom. The first-order valence-corrected chi connectivity index (χ1v) is 23.8. The Morgan fingerprint density at radius 2 is 1.80 bits per heavy atom. The lowest BCUT2D eigenvalue weighted by Gasteiger charge is -2.44. The maximum Gasteiger partial charge on any atom is 0.420 e. The van der Waals surface area contributed by atoms with Crippen LogP contribution >= 0.6 is 34.9 Å². The van der Waals surface area contributed by atoms with Gasteiger partial charge in [0.15, 0.2) is 22.8 Å². The normalized spacial score (nSPS) is 19.6. The fourth-order valence-electron chi connectivity index (χ4n) is 8.95. The number of carboxylic acids is 2. The average molecular weight is 958 g/mol. The summed E-state index contributed by atoms with van der Waals surface area (Å²) >= 11 is 9.20. The Morgan fingerprint density at radius 1 is 1.02 bits per heavy atom. The molecule has 2 atom stereocenters. The highest BCUT2D eigenvalue weighted by Crippen LogP contribution is 2.46. The zero-order valence-electron chi connectivity index (χ0n) is 36.3. The largest absolute Gasteiger partial charge is 0.479 e. The molecule has 0 bridgehead atoms. The molecular formula is C47H49ClN6O10S2. The van der Waals surface area contributed by atoms with E-state index in [1.807, 2.05) is 60.8 Å². The fraction of sp³-hybridized carbons (Fsp3) is 0.383. The second-order valence-electron chi connectivity index (χ2n) is 17.4. The number of hydrogen-bond donors (Lipinski definition) is 4. The van der Waals surface area contributed by atoms with Gasteiger partial charge in [-0.05, 0) is 124 Å². The van der Waals surface area contributed by atoms with Gasteiger partial charge in [0.25, 0.3) is 0 Å². The van der Waals surface area contributed by atoms with Crippen LogP contribution in [0, 0.1) is 5.92 Å². The SMILES string of the molecule is CC1(C)CC(C=Nc2cccc(-c3sc(C(=O)O)c(OCC(=O)O)c3Cl)c2)CCN1SCc1cccc(NC(=O)CN2CCC(c3ccc4c(c3)oc(=O)n4C3CCC(=O)NC3=O)CC2)c1. The number of aliphatic imine (C=N–C) groups is 1. The number of fused-ring (bicyclic) bond motifs is 1. The molecular weight excluding hydrogens is 908 g/mol. The van der Waals surface area contributed by atoms with Crippen molar-refractivity contribution >= 4 is 93.2 Å². The highest BCUT2D eigenvalue weighted by atomic mass is 35.5. The van der Waals surface area contributed by atoms with Crippen molar-refractivity contribution in [2.24, 2.45) is 10.9 Å². The number of hydrogen-bond acceptors (Lipinski definition) is 13. The van der Waals surface area contributed by atoms with E-state index in [1.54, 1.807) is 18.0 Å². The second-order valence-corrected chi connectivity index (χ2v) is 19.8. The number of aliphatic carboxylic acids is 1. The van der Waals surface area contributed by atoms with E-state index in [4.69, 9.17) is 30.9 Å². The molecule has 8 rings (SSSR count). The molecule has 3 aromatic carbocycles. The number of aromatic carboxylic acids is 1. The van der Waals surface area contributed by atoms with Gasteiger partial charge in [-0.2, -0.15) is 0 Å². The van der Waals surface area contributed by atoms with Gasteiger partial charge in [-0.3, -0.25) is 34.2 Å². The maximum atomic E-state index is 13.2. The molecule has 2 unspecified atom stereocenters. The van der Waals surface area contributed by atoms with E-state index in [0.29, 0.717) is 27.2 Å². The lowest BCUT2D eigenvalue weighted by Crippen LogP contribution is -2.46. The number of nitrogens with zero attached hydrogens (tertiary/aromatic N) is 4.